The third kappa shape index (κ3) is 4.06. The fourth-order valence-electron chi connectivity index (χ4n) is 4.19. The summed E-state index contributed by atoms with van der Waals surface area (Å²) in [7, 11) is 0. The maximum absolute atomic E-state index is 11.9. The Morgan fingerprint density at radius 3 is 2.57 bits per heavy atom. The van der Waals surface area contributed by atoms with Crippen molar-refractivity contribution in [2.24, 2.45) is 23.5 Å². The van der Waals surface area contributed by atoms with Crippen molar-refractivity contribution >= 4 is 23.6 Å². The number of pyridine rings is 1. The van der Waals surface area contributed by atoms with Crippen molar-refractivity contribution in [3.8, 4) is 0 Å². The van der Waals surface area contributed by atoms with E-state index in [0.29, 0.717) is 29.9 Å². The number of amides is 2. The van der Waals surface area contributed by atoms with Gasteiger partial charge in [0.05, 0.1) is 0 Å². The topological polar surface area (TPSA) is 88.3 Å². The standard InChI is InChI=1S/C22H24N4O2/c23-22(28)16-4-6-17(7-5-16)26-13-19-18(20(19)14-26)9-11-25-21(27)8-3-15-2-1-10-24-12-15/h1-8,10,12,18-20H,9,11,13-14H2,(H2,23,28)(H,25,27)/b8-3+. The van der Waals surface area contributed by atoms with Crippen LogP contribution in [0.2, 0.25) is 0 Å². The quantitative estimate of drug-likeness (QED) is 0.724. The minimum absolute atomic E-state index is 0.0640. The average Bonchev–Trinajstić information content (AvgIpc) is 3.16. The Balaban J connectivity index is 1.18. The lowest BCUT2D eigenvalue weighted by Gasteiger charge is -2.22. The molecule has 2 atom stereocenters. The van der Waals surface area contributed by atoms with Gasteiger partial charge in [-0.1, -0.05) is 6.07 Å². The van der Waals surface area contributed by atoms with E-state index in [4.69, 9.17) is 5.73 Å². The maximum Gasteiger partial charge on any atom is 0.248 e. The van der Waals surface area contributed by atoms with Crippen LogP contribution in [0.15, 0.2) is 54.9 Å². The molecule has 144 valence electrons. The lowest BCUT2D eigenvalue weighted by molar-refractivity contribution is -0.116. The van der Waals surface area contributed by atoms with E-state index in [9.17, 15) is 9.59 Å². The number of aromatic nitrogens is 1. The van der Waals surface area contributed by atoms with Gasteiger partial charge in [-0.25, -0.2) is 0 Å². The number of nitrogens with one attached hydrogen (secondary N) is 1. The minimum atomic E-state index is -0.395. The number of carbonyl (C=O) groups is 2. The van der Waals surface area contributed by atoms with Crippen LogP contribution in [0.1, 0.15) is 22.3 Å². The Bertz CT molecular complexity index is 867. The van der Waals surface area contributed by atoms with E-state index in [1.807, 2.05) is 24.3 Å². The molecule has 4 rings (SSSR count). The van der Waals surface area contributed by atoms with E-state index < -0.39 is 5.91 Å². The van der Waals surface area contributed by atoms with Gasteiger partial charge >= 0.3 is 0 Å². The molecular formula is C22H24N4O2. The first-order valence-electron chi connectivity index (χ1n) is 9.62. The summed E-state index contributed by atoms with van der Waals surface area (Å²) in [5.74, 6) is 1.65. The first-order chi connectivity index (χ1) is 13.6. The van der Waals surface area contributed by atoms with E-state index in [1.54, 1.807) is 36.7 Å². The molecule has 2 unspecified atom stereocenters. The number of hydrogen-bond acceptors (Lipinski definition) is 4. The molecule has 1 aliphatic carbocycles. The number of benzene rings is 1. The van der Waals surface area contributed by atoms with E-state index in [2.05, 4.69) is 15.2 Å². The fraction of sp³-hybridized carbons (Fsp3) is 0.318. The van der Waals surface area contributed by atoms with Crippen LogP contribution >= 0.6 is 0 Å². The highest BCUT2D eigenvalue weighted by atomic mass is 16.1. The lowest BCUT2D eigenvalue weighted by Crippen LogP contribution is -2.26. The Labute approximate surface area is 164 Å². The first-order valence-corrected chi connectivity index (χ1v) is 9.62. The average molecular weight is 376 g/mol. The number of nitrogens with zero attached hydrogens (tertiary/aromatic N) is 2. The first kappa shape index (κ1) is 18.2. The Hall–Kier alpha value is -3.15. The minimum Gasteiger partial charge on any atom is -0.371 e. The third-order valence-electron chi connectivity index (χ3n) is 5.78. The molecule has 2 heterocycles. The summed E-state index contributed by atoms with van der Waals surface area (Å²) in [4.78, 5) is 29.5. The molecule has 6 heteroatoms. The summed E-state index contributed by atoms with van der Waals surface area (Å²) in [6, 6.07) is 11.3. The number of fused-ring (bicyclic) bond motifs is 1. The van der Waals surface area contributed by atoms with E-state index >= 15 is 0 Å². The van der Waals surface area contributed by atoms with Crippen LogP contribution in [-0.4, -0.2) is 36.4 Å². The van der Waals surface area contributed by atoms with Gasteiger partial charge in [-0.05, 0) is 66.1 Å². The van der Waals surface area contributed by atoms with Crippen molar-refractivity contribution in [2.75, 3.05) is 24.5 Å². The molecule has 1 saturated carbocycles. The van der Waals surface area contributed by atoms with Gasteiger partial charge < -0.3 is 16.0 Å². The summed E-state index contributed by atoms with van der Waals surface area (Å²) >= 11 is 0. The molecule has 2 amide bonds. The lowest BCUT2D eigenvalue weighted by atomic mass is 10.1. The van der Waals surface area contributed by atoms with Crippen LogP contribution < -0.4 is 16.0 Å². The molecule has 0 radical (unpaired) electrons. The van der Waals surface area contributed by atoms with Gasteiger partial charge in [0.25, 0.3) is 0 Å². The normalized spacial score (nSPS) is 22.9. The molecular weight excluding hydrogens is 352 g/mol. The molecule has 1 saturated heterocycles. The van der Waals surface area contributed by atoms with Gasteiger partial charge in [-0.2, -0.15) is 0 Å². The molecule has 2 aromatic rings. The molecule has 6 nitrogen and oxygen atoms in total. The van der Waals surface area contributed by atoms with Crippen LogP contribution in [0.4, 0.5) is 5.69 Å². The summed E-state index contributed by atoms with van der Waals surface area (Å²) in [6.45, 7) is 2.79. The molecule has 1 aromatic heterocycles. The van der Waals surface area contributed by atoms with Gasteiger partial charge in [0, 0.05) is 49.4 Å². The molecule has 0 spiro atoms. The number of hydrogen-bond donors (Lipinski definition) is 2. The molecule has 2 aliphatic rings. The number of rotatable bonds is 7. The zero-order chi connectivity index (χ0) is 19.5. The number of carbonyl (C=O) groups excluding carboxylic acids is 2. The van der Waals surface area contributed by atoms with Crippen molar-refractivity contribution in [2.45, 2.75) is 6.42 Å². The maximum atomic E-state index is 11.9. The Kier molecular flexibility index (Phi) is 5.10. The van der Waals surface area contributed by atoms with Crippen molar-refractivity contribution in [1.29, 1.82) is 0 Å². The third-order valence-corrected chi connectivity index (χ3v) is 5.78. The second kappa shape index (κ2) is 7.84. The summed E-state index contributed by atoms with van der Waals surface area (Å²) in [5.41, 5.74) is 7.89. The summed E-state index contributed by atoms with van der Waals surface area (Å²) < 4.78 is 0. The van der Waals surface area contributed by atoms with Gasteiger partial charge in [0.15, 0.2) is 0 Å². The van der Waals surface area contributed by atoms with Crippen molar-refractivity contribution in [3.63, 3.8) is 0 Å². The molecule has 3 N–H and O–H groups in total. The highest BCUT2D eigenvalue weighted by molar-refractivity contribution is 5.93. The van der Waals surface area contributed by atoms with E-state index in [0.717, 1.165) is 30.8 Å². The number of piperidine rings is 1. The second-order valence-electron chi connectivity index (χ2n) is 7.51. The molecule has 2 fully saturated rings. The van der Waals surface area contributed by atoms with Crippen LogP contribution in [0.25, 0.3) is 6.08 Å². The summed E-state index contributed by atoms with van der Waals surface area (Å²) in [6.07, 6.45) is 7.79. The van der Waals surface area contributed by atoms with Gasteiger partial charge in [-0.3, -0.25) is 14.6 Å². The fourth-order valence-corrected chi connectivity index (χ4v) is 4.19. The number of anilines is 1. The largest absolute Gasteiger partial charge is 0.371 e. The summed E-state index contributed by atoms with van der Waals surface area (Å²) in [5, 5.41) is 2.97. The SMILES string of the molecule is NC(=O)c1ccc(N2CC3C(CCNC(=O)/C=C/c4cccnc4)C3C2)cc1. The highest BCUT2D eigenvalue weighted by Crippen LogP contribution is 2.54. The Morgan fingerprint density at radius 2 is 1.93 bits per heavy atom. The molecule has 0 bridgehead atoms. The number of primary amides is 1. The molecule has 28 heavy (non-hydrogen) atoms. The van der Waals surface area contributed by atoms with Crippen molar-refractivity contribution in [1.82, 2.24) is 10.3 Å². The van der Waals surface area contributed by atoms with Gasteiger partial charge in [0.2, 0.25) is 11.8 Å². The van der Waals surface area contributed by atoms with Gasteiger partial charge in [-0.15, -0.1) is 0 Å². The number of nitrogens with two attached hydrogens (primary N) is 1. The zero-order valence-electron chi connectivity index (χ0n) is 15.6. The molecule has 1 aliphatic heterocycles. The highest BCUT2D eigenvalue weighted by Gasteiger charge is 2.54. The zero-order valence-corrected chi connectivity index (χ0v) is 15.6. The predicted molar refractivity (Wildman–Crippen MR) is 109 cm³/mol. The van der Waals surface area contributed by atoms with Crippen LogP contribution in [0.5, 0.6) is 0 Å². The second-order valence-corrected chi connectivity index (χ2v) is 7.51. The van der Waals surface area contributed by atoms with Crippen molar-refractivity contribution < 1.29 is 9.59 Å². The van der Waals surface area contributed by atoms with E-state index in [1.165, 1.54) is 0 Å². The van der Waals surface area contributed by atoms with Crippen LogP contribution in [0.3, 0.4) is 0 Å². The Morgan fingerprint density at radius 1 is 1.18 bits per heavy atom. The smallest absolute Gasteiger partial charge is 0.248 e. The van der Waals surface area contributed by atoms with Crippen molar-refractivity contribution in [3.05, 3.63) is 66.0 Å². The van der Waals surface area contributed by atoms with Gasteiger partial charge in [0.1, 0.15) is 0 Å². The predicted octanol–water partition coefficient (Wildman–Crippen LogP) is 2.08. The van der Waals surface area contributed by atoms with E-state index in [-0.39, 0.29) is 5.91 Å². The van der Waals surface area contributed by atoms with Crippen LogP contribution in [-0.2, 0) is 4.79 Å². The van der Waals surface area contributed by atoms with Crippen LogP contribution in [0, 0.1) is 17.8 Å². The monoisotopic (exact) mass is 376 g/mol. The molecule has 1 aromatic carbocycles.